The second-order valence-corrected chi connectivity index (χ2v) is 11.3. The first-order valence-electron chi connectivity index (χ1n) is 12.6. The van der Waals surface area contributed by atoms with Crippen LogP contribution in [-0.2, 0) is 0 Å². The molecule has 0 N–H and O–H groups in total. The summed E-state index contributed by atoms with van der Waals surface area (Å²) in [6.45, 7) is 29.4. The molecule has 0 aromatic carbocycles. The van der Waals surface area contributed by atoms with Crippen molar-refractivity contribution in [2.75, 3.05) is 0 Å². The van der Waals surface area contributed by atoms with E-state index in [1.807, 2.05) is 0 Å². The van der Waals surface area contributed by atoms with E-state index in [4.69, 9.17) is 0 Å². The summed E-state index contributed by atoms with van der Waals surface area (Å²) in [5.74, 6) is 5.62. The fourth-order valence-electron chi connectivity index (χ4n) is 6.74. The molecule has 0 saturated heterocycles. The van der Waals surface area contributed by atoms with Gasteiger partial charge in [-0.25, -0.2) is 0 Å². The molecule has 0 fully saturated rings. The van der Waals surface area contributed by atoms with Crippen LogP contribution in [0.3, 0.4) is 0 Å². The molecule has 2 bridgehead atoms. The van der Waals surface area contributed by atoms with E-state index in [9.17, 15) is 0 Å². The lowest BCUT2D eigenvalue weighted by Gasteiger charge is -2.56. The largest absolute Gasteiger partial charge is 0.334 e. The lowest BCUT2D eigenvalue weighted by molar-refractivity contribution is 0.0937. The zero-order chi connectivity index (χ0) is 22.9. The van der Waals surface area contributed by atoms with Crippen LogP contribution >= 0.6 is 0 Å². The number of hydrogen-bond donors (Lipinski definition) is 0. The molecule has 5 heteroatoms. The molecule has 2 rings (SSSR count). The molecule has 170 valence electrons. The smallest absolute Gasteiger partial charge is 0.249 e. The molecular formula is C25H49B2N3. The number of hydrogen-bond acceptors (Lipinski definition) is 3. The van der Waals surface area contributed by atoms with Crippen molar-refractivity contribution in [3.8, 4) is 0 Å². The van der Waals surface area contributed by atoms with Gasteiger partial charge in [-0.1, -0.05) is 67.5 Å². The second-order valence-electron chi connectivity index (χ2n) is 11.3. The molecule has 3 nitrogen and oxygen atoms in total. The fraction of sp³-hybridized carbons (Fsp3) is 0.840. The van der Waals surface area contributed by atoms with Crippen LogP contribution in [0.25, 0.3) is 0 Å². The minimum Gasteiger partial charge on any atom is -0.334 e. The van der Waals surface area contributed by atoms with Crippen LogP contribution in [-0.4, -0.2) is 70.5 Å². The summed E-state index contributed by atoms with van der Waals surface area (Å²) < 4.78 is 0. The Morgan fingerprint density at radius 3 is 1.13 bits per heavy atom. The van der Waals surface area contributed by atoms with Gasteiger partial charge in [-0.15, -0.1) is 12.0 Å². The maximum absolute atomic E-state index is 2.81. The summed E-state index contributed by atoms with van der Waals surface area (Å²) in [6.07, 6.45) is 5.03. The van der Waals surface area contributed by atoms with E-state index in [1.54, 1.807) is 0 Å². The molecule has 2 aliphatic heterocycles. The highest BCUT2D eigenvalue weighted by Gasteiger charge is 2.53. The molecule has 0 aromatic rings. The SMILES string of the molecule is CC(C)N(B1C=CC2C=CB(N(C(C)C)C(C)C)C1C2N(C(C)C)C(C)C)C(C)C. The normalized spacial score (nSPS) is 24.6. The lowest BCUT2D eigenvalue weighted by Crippen LogP contribution is -2.67. The van der Waals surface area contributed by atoms with Crippen molar-refractivity contribution in [1.29, 1.82) is 0 Å². The van der Waals surface area contributed by atoms with Crippen LogP contribution in [0, 0.1) is 5.92 Å². The third-order valence-corrected chi connectivity index (χ3v) is 7.25. The lowest BCUT2D eigenvalue weighted by atomic mass is 9.23. The molecular weight excluding hydrogens is 364 g/mol. The number of rotatable bonds is 9. The maximum atomic E-state index is 2.81. The molecule has 2 heterocycles. The predicted octanol–water partition coefficient (Wildman–Crippen LogP) is 5.44. The highest BCUT2D eigenvalue weighted by molar-refractivity contribution is 6.83. The van der Waals surface area contributed by atoms with E-state index in [0.717, 1.165) is 0 Å². The molecule has 0 saturated carbocycles. The number of nitrogens with zero attached hydrogens (tertiary/aromatic N) is 3. The summed E-state index contributed by atoms with van der Waals surface area (Å²) in [5.41, 5.74) is 0.560. The van der Waals surface area contributed by atoms with E-state index in [1.165, 1.54) is 0 Å². The van der Waals surface area contributed by atoms with Gasteiger partial charge in [0.05, 0.1) is 0 Å². The predicted molar refractivity (Wildman–Crippen MR) is 137 cm³/mol. The third-order valence-electron chi connectivity index (χ3n) is 7.25. The van der Waals surface area contributed by atoms with Crippen LogP contribution in [0.2, 0.25) is 5.72 Å². The van der Waals surface area contributed by atoms with Crippen molar-refractivity contribution in [3.05, 3.63) is 24.1 Å². The Balaban J connectivity index is 2.66. The monoisotopic (exact) mass is 413 g/mol. The minimum atomic E-state index is 0.459. The van der Waals surface area contributed by atoms with Crippen LogP contribution in [0.5, 0.6) is 0 Å². The van der Waals surface area contributed by atoms with Gasteiger partial charge in [0.1, 0.15) is 0 Å². The van der Waals surface area contributed by atoms with Crippen LogP contribution in [0.4, 0.5) is 0 Å². The molecule has 0 aromatic heterocycles. The maximum Gasteiger partial charge on any atom is 0.249 e. The van der Waals surface area contributed by atoms with E-state index in [-0.39, 0.29) is 0 Å². The van der Waals surface area contributed by atoms with Gasteiger partial charge in [0.2, 0.25) is 13.7 Å². The first-order chi connectivity index (χ1) is 13.9. The topological polar surface area (TPSA) is 9.72 Å². The van der Waals surface area contributed by atoms with Crippen molar-refractivity contribution in [2.24, 2.45) is 5.92 Å². The Labute approximate surface area is 189 Å². The molecule has 0 spiro atoms. The standard InChI is InChI=1S/C25H49B2N3/c1-17(2)28(18(3)4)24-23-13-15-26(29(19(5)6)20(7)8)25(24)27(16-14-23)30(21(9)10)22(11)12/h13-25H,1-12H3. The highest BCUT2D eigenvalue weighted by atomic mass is 15.2. The Hall–Kier alpha value is -0.510. The first kappa shape index (κ1) is 25.7. The van der Waals surface area contributed by atoms with E-state index in [2.05, 4.69) is 122 Å². The van der Waals surface area contributed by atoms with Gasteiger partial charge in [0.15, 0.2) is 0 Å². The zero-order valence-electron chi connectivity index (χ0n) is 22.0. The zero-order valence-corrected chi connectivity index (χ0v) is 22.0. The van der Waals surface area contributed by atoms with E-state index in [0.29, 0.717) is 67.6 Å². The second kappa shape index (κ2) is 10.4. The van der Waals surface area contributed by atoms with Crippen LogP contribution < -0.4 is 0 Å². The van der Waals surface area contributed by atoms with Gasteiger partial charge in [-0.2, -0.15) is 0 Å². The first-order valence-corrected chi connectivity index (χ1v) is 12.6. The van der Waals surface area contributed by atoms with Gasteiger partial charge in [0, 0.05) is 24.0 Å². The van der Waals surface area contributed by atoms with Crippen molar-refractivity contribution in [2.45, 2.75) is 131 Å². The van der Waals surface area contributed by atoms with Gasteiger partial charge in [-0.05, 0) is 57.6 Å². The minimum absolute atomic E-state index is 0.459. The molecule has 1 unspecified atom stereocenters. The summed E-state index contributed by atoms with van der Waals surface area (Å²) in [6, 6.07) is 3.73. The summed E-state index contributed by atoms with van der Waals surface area (Å²) in [4.78, 5) is 8.32. The molecule has 0 amide bonds. The fourth-order valence-corrected chi connectivity index (χ4v) is 6.74. The molecule has 2 aliphatic rings. The van der Waals surface area contributed by atoms with Crippen molar-refractivity contribution in [1.82, 2.24) is 14.5 Å². The van der Waals surface area contributed by atoms with Crippen molar-refractivity contribution < 1.29 is 0 Å². The van der Waals surface area contributed by atoms with E-state index >= 15 is 0 Å². The molecule has 0 aliphatic carbocycles. The molecule has 1 atom stereocenters. The Bertz CT molecular complexity index is 535. The highest BCUT2D eigenvalue weighted by Crippen LogP contribution is 2.43. The van der Waals surface area contributed by atoms with Gasteiger partial charge >= 0.3 is 0 Å². The molecule has 0 radical (unpaired) electrons. The van der Waals surface area contributed by atoms with Crippen molar-refractivity contribution in [3.63, 3.8) is 0 Å². The van der Waals surface area contributed by atoms with Gasteiger partial charge in [0.25, 0.3) is 0 Å². The quantitative estimate of drug-likeness (QED) is 0.467. The average Bonchev–Trinajstić information content (AvgIpc) is 2.57. The Morgan fingerprint density at radius 1 is 0.533 bits per heavy atom. The average molecular weight is 413 g/mol. The van der Waals surface area contributed by atoms with Gasteiger partial charge in [-0.3, -0.25) is 4.90 Å². The van der Waals surface area contributed by atoms with Gasteiger partial charge < -0.3 is 9.62 Å². The molecule has 30 heavy (non-hydrogen) atoms. The Kier molecular flexibility index (Phi) is 8.93. The summed E-state index contributed by atoms with van der Waals surface area (Å²) in [5, 5.41) is 0. The third kappa shape index (κ3) is 5.10. The summed E-state index contributed by atoms with van der Waals surface area (Å²) >= 11 is 0. The van der Waals surface area contributed by atoms with Crippen LogP contribution in [0.15, 0.2) is 24.1 Å². The van der Waals surface area contributed by atoms with E-state index < -0.39 is 0 Å². The van der Waals surface area contributed by atoms with Crippen LogP contribution in [0.1, 0.15) is 83.1 Å². The number of fused-ring (bicyclic) bond motifs is 2. The summed E-state index contributed by atoms with van der Waals surface area (Å²) in [7, 11) is 0. The Morgan fingerprint density at radius 2 is 0.867 bits per heavy atom. The van der Waals surface area contributed by atoms with Crippen molar-refractivity contribution >= 4 is 13.7 Å².